The molecule has 1 N–H and O–H groups in total. The third kappa shape index (κ3) is 3.85. The number of aromatic nitrogens is 1. The number of amides is 1. The van der Waals surface area contributed by atoms with Gasteiger partial charge in [-0.15, -0.1) is 0 Å². The summed E-state index contributed by atoms with van der Waals surface area (Å²) in [6, 6.07) is 5.49. The van der Waals surface area contributed by atoms with Crippen molar-refractivity contribution >= 4 is 23.1 Å². The maximum Gasteiger partial charge on any atom is 0.257 e. The zero-order chi connectivity index (χ0) is 15.2. The van der Waals surface area contributed by atoms with Crippen molar-refractivity contribution in [3.63, 3.8) is 0 Å². The smallest absolute Gasteiger partial charge is 0.257 e. The Morgan fingerprint density at radius 1 is 1.32 bits per heavy atom. The highest BCUT2D eigenvalue weighted by atomic mass is 32.1. The zero-order valence-corrected chi connectivity index (χ0v) is 13.3. The van der Waals surface area contributed by atoms with Gasteiger partial charge in [0.05, 0.1) is 12.2 Å². The van der Waals surface area contributed by atoms with Crippen LogP contribution in [0.2, 0.25) is 0 Å². The van der Waals surface area contributed by atoms with Gasteiger partial charge in [0.25, 0.3) is 5.91 Å². The van der Waals surface area contributed by atoms with Crippen molar-refractivity contribution in [1.82, 2.24) is 4.98 Å². The molecule has 1 aliphatic carbocycles. The summed E-state index contributed by atoms with van der Waals surface area (Å²) in [7, 11) is 0. The maximum absolute atomic E-state index is 12.1. The largest absolute Gasteiger partial charge is 0.489 e. The molecule has 0 radical (unpaired) electrons. The predicted molar refractivity (Wildman–Crippen MR) is 88.6 cm³/mol. The first-order valence-corrected chi connectivity index (χ1v) is 8.68. The van der Waals surface area contributed by atoms with Gasteiger partial charge in [-0.3, -0.25) is 4.79 Å². The Kier molecular flexibility index (Phi) is 5.06. The van der Waals surface area contributed by atoms with Crippen LogP contribution in [0.1, 0.15) is 42.5 Å². The van der Waals surface area contributed by atoms with Gasteiger partial charge in [0.2, 0.25) is 0 Å². The molecule has 2 aromatic rings. The summed E-state index contributed by atoms with van der Waals surface area (Å²) in [6.07, 6.45) is 8.06. The average Bonchev–Trinajstić information content (AvgIpc) is 3.10. The highest BCUT2D eigenvalue weighted by Crippen LogP contribution is 2.27. The number of carbonyl (C=O) groups is 1. The molecule has 0 aliphatic heterocycles. The van der Waals surface area contributed by atoms with Crippen LogP contribution in [0.5, 0.6) is 5.75 Å². The lowest BCUT2D eigenvalue weighted by molar-refractivity contribution is 0.102. The van der Waals surface area contributed by atoms with Crippen molar-refractivity contribution < 1.29 is 9.53 Å². The summed E-state index contributed by atoms with van der Waals surface area (Å²) in [5.41, 5.74) is 0.647. The van der Waals surface area contributed by atoms with Gasteiger partial charge in [-0.2, -0.15) is 11.3 Å². The summed E-state index contributed by atoms with van der Waals surface area (Å²) >= 11 is 1.50. The summed E-state index contributed by atoms with van der Waals surface area (Å²) < 4.78 is 5.92. The summed E-state index contributed by atoms with van der Waals surface area (Å²) in [5.74, 6) is 1.61. The van der Waals surface area contributed by atoms with E-state index in [1.54, 1.807) is 12.3 Å². The van der Waals surface area contributed by atoms with E-state index >= 15 is 0 Å². The van der Waals surface area contributed by atoms with Crippen molar-refractivity contribution in [1.29, 1.82) is 0 Å². The molecule has 0 aromatic carbocycles. The highest BCUT2D eigenvalue weighted by molar-refractivity contribution is 7.08. The quantitative estimate of drug-likeness (QED) is 0.892. The number of anilines is 1. The van der Waals surface area contributed by atoms with Crippen LogP contribution in [-0.2, 0) is 0 Å². The molecule has 1 saturated carbocycles. The van der Waals surface area contributed by atoms with Gasteiger partial charge < -0.3 is 10.1 Å². The number of rotatable bonds is 5. The van der Waals surface area contributed by atoms with Gasteiger partial charge in [-0.1, -0.05) is 19.3 Å². The fourth-order valence-corrected chi connectivity index (χ4v) is 3.37. The topological polar surface area (TPSA) is 51.2 Å². The number of pyridine rings is 1. The van der Waals surface area contributed by atoms with Crippen LogP contribution >= 0.6 is 11.3 Å². The van der Waals surface area contributed by atoms with E-state index in [0.29, 0.717) is 29.7 Å². The third-order valence-electron chi connectivity index (χ3n) is 3.99. The standard InChI is InChI=1S/C17H20N2O2S/c20-17(14-8-10-22-12-14)19-16-15(7-4-9-18-16)21-11-13-5-2-1-3-6-13/h4,7-10,12-13H,1-3,5-6,11H2,(H,18,19,20). The van der Waals surface area contributed by atoms with Gasteiger partial charge in [0.15, 0.2) is 11.6 Å². The van der Waals surface area contributed by atoms with Crippen LogP contribution < -0.4 is 10.1 Å². The predicted octanol–water partition coefficient (Wildman–Crippen LogP) is 4.35. The molecule has 1 aliphatic rings. The molecule has 1 fully saturated rings. The normalized spacial score (nSPS) is 15.5. The SMILES string of the molecule is O=C(Nc1ncccc1OCC1CCCCC1)c1ccsc1. The summed E-state index contributed by atoms with van der Waals surface area (Å²) in [6.45, 7) is 0.701. The fraction of sp³-hybridized carbons (Fsp3) is 0.412. The molecule has 0 atom stereocenters. The highest BCUT2D eigenvalue weighted by Gasteiger charge is 2.16. The van der Waals surface area contributed by atoms with Gasteiger partial charge in [-0.05, 0) is 42.3 Å². The molecule has 0 unspecified atom stereocenters. The molecule has 0 saturated heterocycles. The molecular formula is C17H20N2O2S. The lowest BCUT2D eigenvalue weighted by Gasteiger charge is -2.22. The number of carbonyl (C=O) groups excluding carboxylic acids is 1. The molecule has 3 rings (SSSR count). The Morgan fingerprint density at radius 3 is 2.95 bits per heavy atom. The van der Waals surface area contributed by atoms with Crippen molar-refractivity contribution in [2.75, 3.05) is 11.9 Å². The van der Waals surface area contributed by atoms with Crippen LogP contribution in [-0.4, -0.2) is 17.5 Å². The van der Waals surface area contributed by atoms with Gasteiger partial charge in [0.1, 0.15) is 0 Å². The monoisotopic (exact) mass is 316 g/mol. The van der Waals surface area contributed by atoms with Crippen molar-refractivity contribution in [3.8, 4) is 5.75 Å². The number of hydrogen-bond donors (Lipinski definition) is 1. The number of ether oxygens (including phenoxy) is 1. The van der Waals surface area contributed by atoms with Crippen LogP contribution in [0.25, 0.3) is 0 Å². The minimum absolute atomic E-state index is 0.150. The number of hydrogen-bond acceptors (Lipinski definition) is 4. The average molecular weight is 316 g/mol. The molecule has 1 amide bonds. The Labute approximate surface area is 134 Å². The number of nitrogens with zero attached hydrogens (tertiary/aromatic N) is 1. The molecule has 4 nitrogen and oxygen atoms in total. The molecule has 2 heterocycles. The van der Waals surface area contributed by atoms with Crippen LogP contribution in [0, 0.1) is 5.92 Å². The first kappa shape index (κ1) is 15.0. The minimum Gasteiger partial charge on any atom is -0.489 e. The molecule has 0 bridgehead atoms. The van der Waals surface area contributed by atoms with E-state index in [9.17, 15) is 4.79 Å². The van der Waals surface area contributed by atoms with E-state index in [4.69, 9.17) is 4.74 Å². The van der Waals surface area contributed by atoms with E-state index < -0.39 is 0 Å². The molecule has 116 valence electrons. The van der Waals surface area contributed by atoms with E-state index in [2.05, 4.69) is 10.3 Å². The van der Waals surface area contributed by atoms with Crippen LogP contribution in [0.4, 0.5) is 5.82 Å². The second-order valence-electron chi connectivity index (χ2n) is 5.63. The van der Waals surface area contributed by atoms with E-state index in [0.717, 1.165) is 0 Å². The fourth-order valence-electron chi connectivity index (χ4n) is 2.74. The van der Waals surface area contributed by atoms with Gasteiger partial charge in [-0.25, -0.2) is 4.98 Å². The Morgan fingerprint density at radius 2 is 2.18 bits per heavy atom. The number of thiophene rings is 1. The lowest BCUT2D eigenvalue weighted by Crippen LogP contribution is -2.17. The Balaban J connectivity index is 1.63. The number of nitrogens with one attached hydrogen (secondary N) is 1. The van der Waals surface area contributed by atoms with Gasteiger partial charge in [0, 0.05) is 11.6 Å². The van der Waals surface area contributed by atoms with E-state index in [1.165, 1.54) is 43.4 Å². The Hall–Kier alpha value is -1.88. The Bertz CT molecular complexity index is 607. The van der Waals surface area contributed by atoms with Crippen LogP contribution in [0.3, 0.4) is 0 Å². The molecule has 0 spiro atoms. The van der Waals surface area contributed by atoms with Crippen molar-refractivity contribution in [2.45, 2.75) is 32.1 Å². The minimum atomic E-state index is -0.150. The summed E-state index contributed by atoms with van der Waals surface area (Å²) in [4.78, 5) is 16.4. The first-order valence-electron chi connectivity index (χ1n) is 7.74. The zero-order valence-electron chi connectivity index (χ0n) is 12.5. The van der Waals surface area contributed by atoms with Crippen LogP contribution in [0.15, 0.2) is 35.2 Å². The maximum atomic E-state index is 12.1. The molecule has 5 heteroatoms. The third-order valence-corrected chi connectivity index (χ3v) is 4.67. The summed E-state index contributed by atoms with van der Waals surface area (Å²) in [5, 5.41) is 6.54. The molecular weight excluding hydrogens is 296 g/mol. The second-order valence-corrected chi connectivity index (χ2v) is 6.41. The first-order chi connectivity index (χ1) is 10.8. The van der Waals surface area contributed by atoms with E-state index in [-0.39, 0.29) is 5.91 Å². The second kappa shape index (κ2) is 7.40. The van der Waals surface area contributed by atoms with Crippen molar-refractivity contribution in [3.05, 3.63) is 40.7 Å². The lowest BCUT2D eigenvalue weighted by atomic mass is 9.90. The van der Waals surface area contributed by atoms with Crippen molar-refractivity contribution in [2.24, 2.45) is 5.92 Å². The molecule has 22 heavy (non-hydrogen) atoms. The van der Waals surface area contributed by atoms with Gasteiger partial charge >= 0.3 is 0 Å². The van der Waals surface area contributed by atoms with E-state index in [1.807, 2.05) is 22.9 Å². The molecule has 2 aromatic heterocycles.